The zero-order valence-electron chi connectivity index (χ0n) is 17.7. The molecule has 8 nitrogen and oxygen atoms in total. The summed E-state index contributed by atoms with van der Waals surface area (Å²) in [7, 11) is 0. The summed E-state index contributed by atoms with van der Waals surface area (Å²) in [6, 6.07) is 21.8. The summed E-state index contributed by atoms with van der Waals surface area (Å²) in [5, 5.41) is 3.23. The standard InChI is InChI=1S/C25H18ClN5O3/c26-19-11-5-4-10-17(19)15-31-24(33)18(14-27-25(31)34)23(32)29-22-21(16-8-2-1-3-9-16)28-20-12-6-7-13-30(20)22/h1-14H,15H2,(H,27,34)(H,29,32). The van der Waals surface area contributed by atoms with Crippen LogP contribution in [0.4, 0.5) is 5.82 Å². The van der Waals surface area contributed by atoms with Crippen LogP contribution < -0.4 is 16.6 Å². The Bertz CT molecular complexity index is 1640. The van der Waals surface area contributed by atoms with E-state index in [0.29, 0.717) is 27.7 Å². The van der Waals surface area contributed by atoms with E-state index in [2.05, 4.69) is 15.3 Å². The summed E-state index contributed by atoms with van der Waals surface area (Å²) >= 11 is 6.19. The molecule has 3 aromatic heterocycles. The van der Waals surface area contributed by atoms with Gasteiger partial charge in [0.1, 0.15) is 22.7 Å². The van der Waals surface area contributed by atoms with E-state index >= 15 is 0 Å². The minimum Gasteiger partial charge on any atom is -0.313 e. The van der Waals surface area contributed by atoms with Crippen LogP contribution in [0.15, 0.2) is 94.8 Å². The highest BCUT2D eigenvalue weighted by Crippen LogP contribution is 2.28. The van der Waals surface area contributed by atoms with Crippen molar-refractivity contribution >= 4 is 29.0 Å². The predicted molar refractivity (Wildman–Crippen MR) is 130 cm³/mol. The molecule has 0 aliphatic heterocycles. The molecular weight excluding hydrogens is 454 g/mol. The number of benzene rings is 2. The second-order valence-electron chi connectivity index (χ2n) is 7.55. The van der Waals surface area contributed by atoms with E-state index in [1.54, 1.807) is 34.9 Å². The fraction of sp³-hybridized carbons (Fsp3) is 0.0400. The fourth-order valence-corrected chi connectivity index (χ4v) is 3.90. The smallest absolute Gasteiger partial charge is 0.313 e. The Balaban J connectivity index is 1.56. The Kier molecular flexibility index (Phi) is 5.57. The number of aromatic amines is 1. The van der Waals surface area contributed by atoms with Crippen LogP contribution in [0.1, 0.15) is 15.9 Å². The number of hydrogen-bond donors (Lipinski definition) is 2. The number of nitrogens with one attached hydrogen (secondary N) is 2. The van der Waals surface area contributed by atoms with Gasteiger partial charge >= 0.3 is 5.69 Å². The number of nitrogens with zero attached hydrogens (tertiary/aromatic N) is 3. The maximum atomic E-state index is 13.2. The molecule has 0 bridgehead atoms. The van der Waals surface area contributed by atoms with Crippen molar-refractivity contribution in [2.24, 2.45) is 0 Å². The van der Waals surface area contributed by atoms with Gasteiger partial charge in [-0.3, -0.25) is 18.6 Å². The summed E-state index contributed by atoms with van der Waals surface area (Å²) < 4.78 is 2.68. The third-order valence-electron chi connectivity index (χ3n) is 5.40. The Morgan fingerprint density at radius 3 is 2.50 bits per heavy atom. The van der Waals surface area contributed by atoms with Gasteiger partial charge in [-0.1, -0.05) is 66.2 Å². The second kappa shape index (κ2) is 8.84. The number of imidazole rings is 1. The summed E-state index contributed by atoms with van der Waals surface area (Å²) in [4.78, 5) is 45.8. The molecule has 0 atom stereocenters. The molecule has 3 heterocycles. The zero-order valence-corrected chi connectivity index (χ0v) is 18.5. The van der Waals surface area contributed by atoms with Gasteiger partial charge in [-0.2, -0.15) is 0 Å². The number of hydrogen-bond acceptors (Lipinski definition) is 4. The van der Waals surface area contributed by atoms with E-state index in [4.69, 9.17) is 11.6 Å². The summed E-state index contributed by atoms with van der Waals surface area (Å²) in [5.74, 6) is -0.257. The van der Waals surface area contributed by atoms with Crippen LogP contribution in [0.5, 0.6) is 0 Å². The summed E-state index contributed by atoms with van der Waals surface area (Å²) in [5.41, 5.74) is 1.01. The molecule has 2 N–H and O–H groups in total. The minimum atomic E-state index is -0.726. The van der Waals surface area contributed by atoms with Gasteiger partial charge < -0.3 is 10.3 Å². The van der Waals surface area contributed by atoms with Crippen LogP contribution in [-0.4, -0.2) is 24.8 Å². The number of carbonyl (C=O) groups excluding carboxylic acids is 1. The molecule has 0 saturated heterocycles. The molecule has 5 rings (SSSR count). The quantitative estimate of drug-likeness (QED) is 0.407. The van der Waals surface area contributed by atoms with Gasteiger partial charge in [0.2, 0.25) is 0 Å². The van der Waals surface area contributed by atoms with Crippen molar-refractivity contribution in [2.75, 3.05) is 5.32 Å². The minimum absolute atomic E-state index is 0.0696. The van der Waals surface area contributed by atoms with Crippen LogP contribution in [0.3, 0.4) is 0 Å². The Morgan fingerprint density at radius 1 is 0.971 bits per heavy atom. The van der Waals surface area contributed by atoms with E-state index in [1.165, 1.54) is 0 Å². The fourth-order valence-electron chi connectivity index (χ4n) is 3.70. The summed E-state index contributed by atoms with van der Waals surface area (Å²) in [6.45, 7) is -0.0696. The molecule has 5 aromatic rings. The van der Waals surface area contributed by atoms with Crippen molar-refractivity contribution in [1.82, 2.24) is 18.9 Å². The number of H-pyrrole nitrogens is 1. The first-order chi connectivity index (χ1) is 16.5. The van der Waals surface area contributed by atoms with Crippen molar-refractivity contribution in [3.63, 3.8) is 0 Å². The molecule has 34 heavy (non-hydrogen) atoms. The zero-order chi connectivity index (χ0) is 23.7. The monoisotopic (exact) mass is 471 g/mol. The van der Waals surface area contributed by atoms with E-state index in [9.17, 15) is 14.4 Å². The SMILES string of the molecule is O=C(Nc1c(-c2ccccc2)nc2ccccn12)c1c[nH]c(=O)n(Cc2ccccc2Cl)c1=O. The molecule has 0 spiro atoms. The Morgan fingerprint density at radius 2 is 1.71 bits per heavy atom. The molecule has 1 amide bonds. The average molecular weight is 472 g/mol. The van der Waals surface area contributed by atoms with Crippen molar-refractivity contribution in [2.45, 2.75) is 6.54 Å². The molecule has 0 unspecified atom stereocenters. The number of carbonyl (C=O) groups is 1. The molecule has 168 valence electrons. The lowest BCUT2D eigenvalue weighted by Gasteiger charge is -2.10. The van der Waals surface area contributed by atoms with Gasteiger partial charge in [0, 0.05) is 23.0 Å². The highest BCUT2D eigenvalue weighted by molar-refractivity contribution is 6.31. The molecule has 0 fully saturated rings. The van der Waals surface area contributed by atoms with Gasteiger partial charge in [0.25, 0.3) is 11.5 Å². The maximum absolute atomic E-state index is 13.2. The highest BCUT2D eigenvalue weighted by atomic mass is 35.5. The Labute approximate surface area is 198 Å². The van der Waals surface area contributed by atoms with E-state index < -0.39 is 17.2 Å². The van der Waals surface area contributed by atoms with E-state index in [1.807, 2.05) is 48.5 Å². The van der Waals surface area contributed by atoms with Gasteiger partial charge in [-0.05, 0) is 23.8 Å². The number of pyridine rings is 1. The second-order valence-corrected chi connectivity index (χ2v) is 7.96. The number of amides is 1. The highest BCUT2D eigenvalue weighted by Gasteiger charge is 2.20. The van der Waals surface area contributed by atoms with Crippen LogP contribution in [0.25, 0.3) is 16.9 Å². The van der Waals surface area contributed by atoms with Crippen LogP contribution in [0, 0.1) is 0 Å². The average Bonchev–Trinajstić information content (AvgIpc) is 3.21. The first-order valence-electron chi connectivity index (χ1n) is 10.4. The summed E-state index contributed by atoms with van der Waals surface area (Å²) in [6.07, 6.45) is 2.89. The van der Waals surface area contributed by atoms with Crippen LogP contribution in [-0.2, 0) is 6.54 Å². The third-order valence-corrected chi connectivity index (χ3v) is 5.77. The first-order valence-corrected chi connectivity index (χ1v) is 10.8. The van der Waals surface area contributed by atoms with Crippen LogP contribution >= 0.6 is 11.6 Å². The van der Waals surface area contributed by atoms with Gasteiger partial charge in [0.05, 0.1) is 6.54 Å². The van der Waals surface area contributed by atoms with Crippen LogP contribution in [0.2, 0.25) is 5.02 Å². The van der Waals surface area contributed by atoms with Crippen molar-refractivity contribution in [3.8, 4) is 11.3 Å². The lowest BCUT2D eigenvalue weighted by Crippen LogP contribution is -2.39. The van der Waals surface area contributed by atoms with Crippen molar-refractivity contribution in [3.05, 3.63) is 122 Å². The largest absolute Gasteiger partial charge is 0.328 e. The lowest BCUT2D eigenvalue weighted by atomic mass is 10.1. The maximum Gasteiger partial charge on any atom is 0.328 e. The number of fused-ring (bicyclic) bond motifs is 1. The molecule has 9 heteroatoms. The number of halogens is 1. The third kappa shape index (κ3) is 3.91. The first kappa shape index (κ1) is 21.4. The lowest BCUT2D eigenvalue weighted by molar-refractivity contribution is 0.102. The molecule has 0 radical (unpaired) electrons. The van der Waals surface area contributed by atoms with Gasteiger partial charge in [0.15, 0.2) is 0 Å². The Hall–Kier alpha value is -4.43. The number of aromatic nitrogens is 4. The van der Waals surface area contributed by atoms with E-state index in [-0.39, 0.29) is 12.1 Å². The molecule has 0 saturated carbocycles. The number of anilines is 1. The van der Waals surface area contributed by atoms with E-state index in [0.717, 1.165) is 16.3 Å². The normalized spacial score (nSPS) is 11.0. The van der Waals surface area contributed by atoms with Gasteiger partial charge in [-0.15, -0.1) is 0 Å². The molecule has 0 aliphatic carbocycles. The van der Waals surface area contributed by atoms with Crippen molar-refractivity contribution < 1.29 is 4.79 Å². The predicted octanol–water partition coefficient (Wildman–Crippen LogP) is 3.81. The number of rotatable bonds is 5. The topological polar surface area (TPSA) is 101 Å². The van der Waals surface area contributed by atoms with Gasteiger partial charge in [-0.25, -0.2) is 9.78 Å². The molecular formula is C25H18ClN5O3. The molecule has 0 aliphatic rings. The molecule has 2 aromatic carbocycles. The van der Waals surface area contributed by atoms with Crippen molar-refractivity contribution in [1.29, 1.82) is 0 Å².